The highest BCUT2D eigenvalue weighted by Crippen LogP contribution is 2.32. The van der Waals surface area contributed by atoms with Crippen LogP contribution in [0.25, 0.3) is 33.2 Å². The number of nitrogens with two attached hydrogens (primary N) is 1. The number of carbonyl (C=O) groups is 1. The summed E-state index contributed by atoms with van der Waals surface area (Å²) in [5.74, 6) is 0.329. The Morgan fingerprint density at radius 3 is 2.60 bits per heavy atom. The van der Waals surface area contributed by atoms with E-state index in [0.717, 1.165) is 16.7 Å². The second-order valence-corrected chi connectivity index (χ2v) is 5.73. The van der Waals surface area contributed by atoms with Crippen LogP contribution in [0.5, 0.6) is 11.5 Å². The Kier molecular flexibility index (Phi) is 3.32. The number of hydrogen-bond donors (Lipinski definition) is 3. The summed E-state index contributed by atoms with van der Waals surface area (Å²) in [6, 6.07) is 14.0. The van der Waals surface area contributed by atoms with Gasteiger partial charge in [-0.15, -0.1) is 0 Å². The Bertz CT molecular complexity index is 1110. The Morgan fingerprint density at radius 2 is 1.92 bits per heavy atom. The lowest BCUT2D eigenvalue weighted by molar-refractivity contribution is 0.100. The molecule has 0 atom stereocenters. The monoisotopic (exact) mass is 333 g/mol. The molecule has 0 aliphatic heterocycles. The van der Waals surface area contributed by atoms with Gasteiger partial charge in [0.25, 0.3) is 5.91 Å². The maximum absolute atomic E-state index is 11.9. The summed E-state index contributed by atoms with van der Waals surface area (Å²) in [7, 11) is 1.60. The van der Waals surface area contributed by atoms with Crippen LogP contribution in [0.2, 0.25) is 0 Å². The minimum Gasteiger partial charge on any atom is -0.508 e. The molecule has 0 aliphatic carbocycles. The summed E-state index contributed by atoms with van der Waals surface area (Å²) in [6.45, 7) is 0. The Hall–Kier alpha value is -3.54. The Balaban J connectivity index is 2.02. The van der Waals surface area contributed by atoms with E-state index in [1.54, 1.807) is 31.4 Å². The normalized spacial score (nSPS) is 11.1. The van der Waals surface area contributed by atoms with E-state index < -0.39 is 5.91 Å². The second kappa shape index (κ2) is 5.52. The predicted molar refractivity (Wildman–Crippen MR) is 95.8 cm³/mol. The quantitative estimate of drug-likeness (QED) is 0.536. The van der Waals surface area contributed by atoms with Crippen LogP contribution in [0.15, 0.2) is 48.5 Å². The lowest BCUT2D eigenvalue weighted by Crippen LogP contribution is -2.12. The molecule has 2 aromatic carbocycles. The molecule has 0 saturated heterocycles. The fourth-order valence-corrected chi connectivity index (χ4v) is 2.95. The molecule has 6 heteroatoms. The summed E-state index contributed by atoms with van der Waals surface area (Å²) in [5.41, 5.74) is 9.29. The van der Waals surface area contributed by atoms with Gasteiger partial charge < -0.3 is 20.6 Å². The van der Waals surface area contributed by atoms with E-state index in [9.17, 15) is 9.90 Å². The summed E-state index contributed by atoms with van der Waals surface area (Å²) >= 11 is 0. The number of ether oxygens (including phenoxy) is 1. The number of pyridine rings is 1. The van der Waals surface area contributed by atoms with Gasteiger partial charge in [-0.1, -0.05) is 0 Å². The molecule has 0 radical (unpaired) electrons. The maximum atomic E-state index is 11.9. The van der Waals surface area contributed by atoms with Crippen molar-refractivity contribution in [2.24, 2.45) is 5.73 Å². The molecule has 0 saturated carbocycles. The summed E-state index contributed by atoms with van der Waals surface area (Å²) in [6.07, 6.45) is 0. The number of primary amides is 1. The average Bonchev–Trinajstić information content (AvgIpc) is 2.98. The van der Waals surface area contributed by atoms with E-state index in [1.807, 2.05) is 24.3 Å². The number of benzene rings is 2. The average molecular weight is 333 g/mol. The van der Waals surface area contributed by atoms with E-state index in [4.69, 9.17) is 15.5 Å². The third-order valence-corrected chi connectivity index (χ3v) is 4.19. The SMILES string of the molecule is COc1ccc(-c2cc(C(N)=O)c3[nH]c4cc(O)ccc4c3n2)cc1. The smallest absolute Gasteiger partial charge is 0.250 e. The number of methoxy groups -OCH3 is 1. The summed E-state index contributed by atoms with van der Waals surface area (Å²) in [4.78, 5) is 19.8. The van der Waals surface area contributed by atoms with E-state index in [-0.39, 0.29) is 5.75 Å². The number of aromatic amines is 1. The molecular weight excluding hydrogens is 318 g/mol. The van der Waals surface area contributed by atoms with Gasteiger partial charge in [0.1, 0.15) is 11.5 Å². The zero-order valence-electron chi connectivity index (χ0n) is 13.4. The third kappa shape index (κ3) is 2.44. The molecule has 4 rings (SSSR count). The molecule has 2 aromatic heterocycles. The topological polar surface area (TPSA) is 101 Å². The van der Waals surface area contributed by atoms with Crippen LogP contribution in [-0.2, 0) is 0 Å². The zero-order valence-corrected chi connectivity index (χ0v) is 13.4. The second-order valence-electron chi connectivity index (χ2n) is 5.73. The van der Waals surface area contributed by atoms with Crippen LogP contribution in [0.1, 0.15) is 10.4 Å². The third-order valence-electron chi connectivity index (χ3n) is 4.19. The molecule has 0 spiro atoms. The molecule has 0 bridgehead atoms. The predicted octanol–water partition coefficient (Wildman–Crippen LogP) is 3.20. The number of nitrogens with zero attached hydrogens (tertiary/aromatic N) is 1. The van der Waals surface area contributed by atoms with Crippen molar-refractivity contribution in [3.05, 3.63) is 54.1 Å². The molecule has 0 unspecified atom stereocenters. The Morgan fingerprint density at radius 1 is 1.16 bits per heavy atom. The minimum atomic E-state index is -0.544. The fraction of sp³-hybridized carbons (Fsp3) is 0.0526. The molecule has 2 heterocycles. The van der Waals surface area contributed by atoms with Crippen molar-refractivity contribution in [2.75, 3.05) is 7.11 Å². The van der Waals surface area contributed by atoms with Gasteiger partial charge >= 0.3 is 0 Å². The number of nitrogens with one attached hydrogen (secondary N) is 1. The molecule has 0 aliphatic rings. The van der Waals surface area contributed by atoms with Crippen LogP contribution < -0.4 is 10.5 Å². The molecule has 25 heavy (non-hydrogen) atoms. The number of fused-ring (bicyclic) bond motifs is 3. The first-order chi connectivity index (χ1) is 12.1. The number of aromatic nitrogens is 2. The number of carbonyl (C=O) groups excluding carboxylic acids is 1. The highest BCUT2D eigenvalue weighted by Gasteiger charge is 2.16. The van der Waals surface area contributed by atoms with Gasteiger partial charge in [0.2, 0.25) is 0 Å². The van der Waals surface area contributed by atoms with E-state index >= 15 is 0 Å². The van der Waals surface area contributed by atoms with Crippen molar-refractivity contribution in [1.82, 2.24) is 9.97 Å². The van der Waals surface area contributed by atoms with Gasteiger partial charge in [0, 0.05) is 17.0 Å². The number of H-pyrrole nitrogens is 1. The number of aromatic hydroxyl groups is 1. The standard InChI is InChI=1S/C19H15N3O3/c1-25-12-5-2-10(3-6-12)15-9-14(19(20)24)18-17(21-15)13-7-4-11(23)8-16(13)22-18/h2-9,22-23H,1H3,(H2,20,24). The van der Waals surface area contributed by atoms with Gasteiger partial charge in [-0.3, -0.25) is 4.79 Å². The number of phenols is 1. The molecule has 1 amide bonds. The highest BCUT2D eigenvalue weighted by atomic mass is 16.5. The number of amides is 1. The number of hydrogen-bond acceptors (Lipinski definition) is 4. The van der Waals surface area contributed by atoms with Crippen molar-refractivity contribution in [3.8, 4) is 22.8 Å². The highest BCUT2D eigenvalue weighted by molar-refractivity contribution is 6.14. The van der Waals surface area contributed by atoms with Crippen LogP contribution in [-0.4, -0.2) is 28.1 Å². The number of rotatable bonds is 3. The van der Waals surface area contributed by atoms with Crippen molar-refractivity contribution in [2.45, 2.75) is 0 Å². The number of phenolic OH excluding ortho intramolecular Hbond substituents is 1. The molecule has 124 valence electrons. The van der Waals surface area contributed by atoms with Gasteiger partial charge in [0.05, 0.1) is 34.9 Å². The van der Waals surface area contributed by atoms with Crippen LogP contribution in [0.3, 0.4) is 0 Å². The van der Waals surface area contributed by atoms with E-state index in [1.165, 1.54) is 0 Å². The first-order valence-corrected chi connectivity index (χ1v) is 7.66. The van der Waals surface area contributed by atoms with Crippen LogP contribution in [0, 0.1) is 0 Å². The van der Waals surface area contributed by atoms with E-state index in [0.29, 0.717) is 27.8 Å². The maximum Gasteiger partial charge on any atom is 0.250 e. The first-order valence-electron chi connectivity index (χ1n) is 7.66. The van der Waals surface area contributed by atoms with E-state index in [2.05, 4.69) is 4.98 Å². The molecule has 6 nitrogen and oxygen atoms in total. The largest absolute Gasteiger partial charge is 0.508 e. The molecule has 4 aromatic rings. The van der Waals surface area contributed by atoms with Crippen LogP contribution in [0.4, 0.5) is 0 Å². The lowest BCUT2D eigenvalue weighted by Gasteiger charge is -2.06. The first kappa shape index (κ1) is 15.0. The molecule has 0 fully saturated rings. The van der Waals surface area contributed by atoms with Crippen molar-refractivity contribution in [3.63, 3.8) is 0 Å². The molecular formula is C19H15N3O3. The lowest BCUT2D eigenvalue weighted by atomic mass is 10.1. The summed E-state index contributed by atoms with van der Waals surface area (Å²) < 4.78 is 5.17. The molecule has 4 N–H and O–H groups in total. The van der Waals surface area contributed by atoms with Gasteiger partial charge in [0.15, 0.2) is 0 Å². The van der Waals surface area contributed by atoms with Crippen molar-refractivity contribution >= 4 is 27.8 Å². The van der Waals surface area contributed by atoms with Gasteiger partial charge in [-0.2, -0.15) is 0 Å². The fourth-order valence-electron chi connectivity index (χ4n) is 2.95. The van der Waals surface area contributed by atoms with Crippen molar-refractivity contribution in [1.29, 1.82) is 0 Å². The minimum absolute atomic E-state index is 0.134. The van der Waals surface area contributed by atoms with Crippen LogP contribution >= 0.6 is 0 Å². The zero-order chi connectivity index (χ0) is 17.6. The van der Waals surface area contributed by atoms with Gasteiger partial charge in [-0.05, 0) is 42.5 Å². The van der Waals surface area contributed by atoms with Gasteiger partial charge in [-0.25, -0.2) is 4.98 Å². The Labute approximate surface area is 142 Å². The summed E-state index contributed by atoms with van der Waals surface area (Å²) in [5, 5.41) is 10.5. The van der Waals surface area contributed by atoms with Crippen molar-refractivity contribution < 1.29 is 14.6 Å².